The normalized spacial score (nSPS) is 20.4. The lowest BCUT2D eigenvalue weighted by Gasteiger charge is -2.37. The summed E-state index contributed by atoms with van der Waals surface area (Å²) in [5, 5.41) is 11.3. The molecule has 0 amide bonds. The Labute approximate surface area is 238 Å². The van der Waals surface area contributed by atoms with Crippen molar-refractivity contribution >= 4 is 42.4 Å². The number of aromatic nitrogens is 1. The third-order valence-corrected chi connectivity index (χ3v) is 9.26. The van der Waals surface area contributed by atoms with Crippen LogP contribution in [-0.2, 0) is 23.3 Å². The average Bonchev–Trinajstić information content (AvgIpc) is 3.49. The van der Waals surface area contributed by atoms with E-state index in [1.165, 1.54) is 13.2 Å². The highest BCUT2D eigenvalue weighted by Crippen LogP contribution is 2.51. The monoisotopic (exact) mass is 565 g/mol. The highest BCUT2D eigenvalue weighted by atomic mass is 31.2. The van der Waals surface area contributed by atoms with Gasteiger partial charge in [0.1, 0.15) is 6.23 Å². The number of nitriles is 1. The smallest absolute Gasteiger partial charge is 0.330 e. The van der Waals surface area contributed by atoms with Crippen molar-refractivity contribution < 1.29 is 23.3 Å². The van der Waals surface area contributed by atoms with E-state index in [9.17, 15) is 4.79 Å². The molecule has 1 aliphatic rings. The topological polar surface area (TPSA) is 86.0 Å². The Balaban J connectivity index is 1.67. The molecule has 1 saturated heterocycles. The van der Waals surface area contributed by atoms with Gasteiger partial charge >= 0.3 is 5.97 Å². The molecule has 0 aliphatic carbocycles. The van der Waals surface area contributed by atoms with Crippen LogP contribution in [0.5, 0.6) is 0 Å². The summed E-state index contributed by atoms with van der Waals surface area (Å²) in [5.41, 5.74) is 3.07. The highest BCUT2D eigenvalue weighted by molar-refractivity contribution is 7.44. The van der Waals surface area contributed by atoms with Crippen LogP contribution in [0.4, 0.5) is 0 Å². The van der Waals surface area contributed by atoms with Gasteiger partial charge in [-0.1, -0.05) is 31.2 Å². The van der Waals surface area contributed by atoms with Gasteiger partial charge in [0.05, 0.1) is 49.4 Å². The van der Waals surface area contributed by atoms with E-state index in [-0.39, 0.29) is 36.5 Å². The van der Waals surface area contributed by atoms with Crippen LogP contribution in [0, 0.1) is 11.3 Å². The number of rotatable bonds is 12. The van der Waals surface area contributed by atoms with Crippen molar-refractivity contribution in [1.82, 2.24) is 9.24 Å². The van der Waals surface area contributed by atoms with Crippen LogP contribution >= 0.6 is 8.53 Å². The van der Waals surface area contributed by atoms with Crippen LogP contribution < -0.4 is 0 Å². The van der Waals surface area contributed by atoms with Crippen molar-refractivity contribution in [1.29, 1.82) is 5.26 Å². The van der Waals surface area contributed by atoms with Crippen LogP contribution in [0.3, 0.4) is 0 Å². The number of hydrogen-bond acceptors (Lipinski definition) is 7. The lowest BCUT2D eigenvalue weighted by atomic mass is 10.1. The van der Waals surface area contributed by atoms with E-state index in [1.807, 2.05) is 18.2 Å². The molecule has 4 atom stereocenters. The molecule has 0 spiro atoms. The number of methoxy groups -OCH3 is 1. The van der Waals surface area contributed by atoms with Crippen molar-refractivity contribution in [3.05, 3.63) is 54.1 Å². The molecule has 1 aromatic heterocycles. The van der Waals surface area contributed by atoms with Crippen LogP contribution in [0.25, 0.3) is 27.9 Å². The molecule has 2 unspecified atom stereocenters. The number of esters is 1. The van der Waals surface area contributed by atoms with Crippen LogP contribution in [0.2, 0.25) is 0 Å². The van der Waals surface area contributed by atoms with Gasteiger partial charge in [-0.15, -0.1) is 0 Å². The van der Waals surface area contributed by atoms with Crippen molar-refractivity contribution in [3.63, 3.8) is 0 Å². The van der Waals surface area contributed by atoms with Gasteiger partial charge in [-0.25, -0.2) is 9.46 Å². The molecule has 0 bridgehead atoms. The van der Waals surface area contributed by atoms with E-state index in [1.54, 1.807) is 6.08 Å². The zero-order valence-electron chi connectivity index (χ0n) is 24.2. The summed E-state index contributed by atoms with van der Waals surface area (Å²) < 4.78 is 28.9. The van der Waals surface area contributed by atoms with Gasteiger partial charge in [0.25, 0.3) is 8.53 Å². The van der Waals surface area contributed by atoms with Gasteiger partial charge in [0.2, 0.25) is 0 Å². The summed E-state index contributed by atoms with van der Waals surface area (Å²) in [4.78, 5) is 11.6. The first-order chi connectivity index (χ1) is 19.3. The third-order valence-electron chi connectivity index (χ3n) is 7.11. The largest absolute Gasteiger partial charge is 0.466 e. The Kier molecular flexibility index (Phi) is 10.3. The Hall–Kier alpha value is -2.79. The second-order valence-electron chi connectivity index (χ2n) is 10.5. The Bertz CT molecular complexity index is 1370. The second-order valence-corrected chi connectivity index (χ2v) is 11.9. The maximum atomic E-state index is 11.6. The molecule has 1 fully saturated rings. The molecular formula is C31H40N3O5P. The van der Waals surface area contributed by atoms with E-state index >= 15 is 0 Å². The number of para-hydroxylation sites is 1. The fourth-order valence-electron chi connectivity index (χ4n) is 5.41. The third kappa shape index (κ3) is 6.57. The number of nitrogens with zero attached hydrogens (tertiary/aromatic N) is 3. The standard InChI is InChI=1S/C31H40N3O5P/c1-7-28-29(39-40(37-18-10-17-32)34(21(2)3)22(4)5)20-30(38-28)33-26-12-9-8-11-24(26)25-19-23(13-15-27(25)33)14-16-31(35)36-6/h8-9,11-16,19,21-22,28-30H,7,10,18,20H2,1-6H3/b16-14+/t28-,29?,30-,40?/m1/s1. The first-order valence-corrected chi connectivity index (χ1v) is 15.1. The van der Waals surface area contributed by atoms with Gasteiger partial charge < -0.3 is 23.1 Å². The Morgan fingerprint density at radius 2 is 1.90 bits per heavy atom. The van der Waals surface area contributed by atoms with Crippen LogP contribution in [-0.4, -0.2) is 53.2 Å². The summed E-state index contributed by atoms with van der Waals surface area (Å²) >= 11 is 0. The second kappa shape index (κ2) is 13.7. The zero-order chi connectivity index (χ0) is 28.8. The molecular weight excluding hydrogens is 525 g/mol. The van der Waals surface area contributed by atoms with Gasteiger partial charge in [-0.3, -0.25) is 0 Å². The van der Waals surface area contributed by atoms with Gasteiger partial charge in [0, 0.05) is 35.4 Å². The molecule has 2 aromatic carbocycles. The SMILES string of the molecule is CC[C@H]1O[C@@H](n2c3ccccc3c3cc(/C=C/C(=O)OC)ccc32)CC1OP(OCCC#N)N(C(C)C)C(C)C. The van der Waals surface area contributed by atoms with E-state index in [4.69, 9.17) is 23.8 Å². The van der Waals surface area contributed by atoms with Gasteiger partial charge in [-0.2, -0.15) is 5.26 Å². The van der Waals surface area contributed by atoms with Gasteiger partial charge in [0.15, 0.2) is 0 Å². The summed E-state index contributed by atoms with van der Waals surface area (Å²) in [6, 6.07) is 17.1. The fourth-order valence-corrected chi connectivity index (χ4v) is 7.17. The van der Waals surface area contributed by atoms with Crippen molar-refractivity contribution in [2.24, 2.45) is 0 Å². The Morgan fingerprint density at radius 1 is 1.18 bits per heavy atom. The predicted molar refractivity (Wildman–Crippen MR) is 159 cm³/mol. The number of ether oxygens (including phenoxy) is 2. The highest BCUT2D eigenvalue weighted by Gasteiger charge is 2.41. The maximum Gasteiger partial charge on any atom is 0.330 e. The number of fused-ring (bicyclic) bond motifs is 3. The van der Waals surface area contributed by atoms with Crippen LogP contribution in [0.1, 0.15) is 65.7 Å². The number of carbonyl (C=O) groups excluding carboxylic acids is 1. The van der Waals surface area contributed by atoms with E-state index in [0.717, 1.165) is 33.8 Å². The summed E-state index contributed by atoms with van der Waals surface area (Å²) in [7, 11) is 0.0000180. The molecule has 0 radical (unpaired) electrons. The molecule has 214 valence electrons. The summed E-state index contributed by atoms with van der Waals surface area (Å²) in [6.45, 7) is 11.0. The predicted octanol–water partition coefficient (Wildman–Crippen LogP) is 7.34. The number of hydrogen-bond donors (Lipinski definition) is 0. The zero-order valence-corrected chi connectivity index (χ0v) is 25.1. The minimum Gasteiger partial charge on any atom is -0.466 e. The minimum absolute atomic E-state index is 0.0887. The molecule has 40 heavy (non-hydrogen) atoms. The van der Waals surface area contributed by atoms with E-state index in [2.05, 4.69) is 74.2 Å². The molecule has 0 saturated carbocycles. The molecule has 9 heteroatoms. The van der Waals surface area contributed by atoms with E-state index < -0.39 is 8.53 Å². The van der Waals surface area contributed by atoms with Crippen molar-refractivity contribution in [2.45, 2.75) is 84.4 Å². The quantitative estimate of drug-likeness (QED) is 0.0983. The van der Waals surface area contributed by atoms with Gasteiger partial charge in [-0.05, 0) is 64.0 Å². The summed E-state index contributed by atoms with van der Waals surface area (Å²) in [6.07, 6.45) is 4.57. The first kappa shape index (κ1) is 30.2. The van der Waals surface area contributed by atoms with Crippen LogP contribution in [0.15, 0.2) is 48.5 Å². The molecule has 2 heterocycles. The molecule has 3 aromatic rings. The molecule has 4 rings (SSSR count). The fraction of sp³-hybridized carbons (Fsp3) is 0.484. The Morgan fingerprint density at radius 3 is 2.58 bits per heavy atom. The molecule has 8 nitrogen and oxygen atoms in total. The van der Waals surface area contributed by atoms with Crippen molar-refractivity contribution in [3.8, 4) is 6.07 Å². The molecule has 0 N–H and O–H groups in total. The van der Waals surface area contributed by atoms with Crippen molar-refractivity contribution in [2.75, 3.05) is 13.7 Å². The lowest BCUT2D eigenvalue weighted by molar-refractivity contribution is -0.134. The molecule has 1 aliphatic heterocycles. The first-order valence-electron chi connectivity index (χ1n) is 14.0. The average molecular weight is 566 g/mol. The minimum atomic E-state index is -1.37. The maximum absolute atomic E-state index is 11.6. The lowest BCUT2D eigenvalue weighted by Crippen LogP contribution is -2.35. The van der Waals surface area contributed by atoms with E-state index in [0.29, 0.717) is 19.4 Å². The number of carbonyl (C=O) groups is 1. The number of benzene rings is 2. The summed E-state index contributed by atoms with van der Waals surface area (Å²) in [5.74, 6) is -0.386.